The number of imide groups is 1. The summed E-state index contributed by atoms with van der Waals surface area (Å²) < 4.78 is 0. The third-order valence-electron chi connectivity index (χ3n) is 6.05. The molecule has 1 aromatic heterocycles. The van der Waals surface area contributed by atoms with E-state index in [4.69, 9.17) is 23.2 Å². The molecule has 0 saturated carbocycles. The number of hydrogen-bond donors (Lipinski definition) is 1. The van der Waals surface area contributed by atoms with E-state index >= 15 is 0 Å². The van der Waals surface area contributed by atoms with Crippen molar-refractivity contribution in [3.63, 3.8) is 0 Å². The van der Waals surface area contributed by atoms with Crippen molar-refractivity contribution in [2.24, 2.45) is 0 Å². The summed E-state index contributed by atoms with van der Waals surface area (Å²) in [7, 11) is 0. The number of nitrogens with zero attached hydrogens (tertiary/aromatic N) is 2. The van der Waals surface area contributed by atoms with E-state index in [1.54, 1.807) is 24.3 Å². The third kappa shape index (κ3) is 2.88. The van der Waals surface area contributed by atoms with Gasteiger partial charge in [0.15, 0.2) is 0 Å². The number of nitrogens with one attached hydrogen (secondary N) is 1. The molecule has 7 heteroatoms. The zero-order chi connectivity index (χ0) is 20.3. The number of carbonyl (C=O) groups excluding carboxylic acids is 2. The molecule has 1 fully saturated rings. The number of anilines is 1. The van der Waals surface area contributed by atoms with Gasteiger partial charge in [-0.05, 0) is 49.2 Å². The minimum atomic E-state index is -0.489. The van der Waals surface area contributed by atoms with Crippen LogP contribution in [-0.2, 0) is 16.0 Å². The number of rotatable bonds is 2. The number of amides is 2. The molecule has 5 rings (SSSR count). The van der Waals surface area contributed by atoms with E-state index in [-0.39, 0.29) is 24.3 Å². The van der Waals surface area contributed by atoms with Gasteiger partial charge in [-0.2, -0.15) is 0 Å². The van der Waals surface area contributed by atoms with E-state index in [0.717, 1.165) is 23.0 Å². The topological polar surface area (TPSA) is 56.4 Å². The Morgan fingerprint density at radius 2 is 1.90 bits per heavy atom. The van der Waals surface area contributed by atoms with E-state index in [9.17, 15) is 9.59 Å². The van der Waals surface area contributed by atoms with Crippen LogP contribution in [0.4, 0.5) is 5.69 Å². The monoisotopic (exact) mass is 427 g/mol. The quantitative estimate of drug-likeness (QED) is 0.601. The summed E-state index contributed by atoms with van der Waals surface area (Å²) in [5.41, 5.74) is 3.83. The minimum Gasteiger partial charge on any atom is -0.357 e. The lowest BCUT2D eigenvalue weighted by molar-refractivity contribution is -0.123. The van der Waals surface area contributed by atoms with E-state index in [1.807, 2.05) is 18.2 Å². The molecule has 2 aliphatic heterocycles. The first-order chi connectivity index (χ1) is 14.0. The van der Waals surface area contributed by atoms with Crippen molar-refractivity contribution in [2.45, 2.75) is 31.8 Å². The maximum Gasteiger partial charge on any atom is 0.251 e. The molecule has 3 aromatic rings. The number of carbonyl (C=O) groups is 2. The SMILES string of the molecule is CC1c2[nH]c3ccc(Cl)cc3c2CCN1C1CC(=O)N(c2ccccc2Cl)C1=O. The van der Waals surface area contributed by atoms with Crippen molar-refractivity contribution in [3.05, 3.63) is 63.8 Å². The Morgan fingerprint density at radius 1 is 1.10 bits per heavy atom. The highest BCUT2D eigenvalue weighted by molar-refractivity contribution is 6.36. The zero-order valence-electron chi connectivity index (χ0n) is 15.8. The Hall–Kier alpha value is -2.34. The van der Waals surface area contributed by atoms with Crippen LogP contribution in [0, 0.1) is 0 Å². The van der Waals surface area contributed by atoms with Gasteiger partial charge in [-0.25, -0.2) is 4.90 Å². The molecular weight excluding hydrogens is 409 g/mol. The molecular formula is C22H19Cl2N3O2. The number of hydrogen-bond acceptors (Lipinski definition) is 3. The molecule has 0 bridgehead atoms. The van der Waals surface area contributed by atoms with Crippen LogP contribution in [0.1, 0.15) is 30.6 Å². The number of para-hydroxylation sites is 1. The molecule has 1 N–H and O–H groups in total. The van der Waals surface area contributed by atoms with Gasteiger partial charge in [0.25, 0.3) is 5.91 Å². The highest BCUT2D eigenvalue weighted by atomic mass is 35.5. The molecule has 2 atom stereocenters. The summed E-state index contributed by atoms with van der Waals surface area (Å²) in [5, 5.41) is 2.24. The second-order valence-electron chi connectivity index (χ2n) is 7.61. The molecule has 1 saturated heterocycles. The molecule has 0 radical (unpaired) electrons. The highest BCUT2D eigenvalue weighted by Gasteiger charge is 2.46. The second kappa shape index (κ2) is 6.87. The van der Waals surface area contributed by atoms with Crippen LogP contribution in [0.2, 0.25) is 10.0 Å². The Morgan fingerprint density at radius 3 is 2.69 bits per heavy atom. The van der Waals surface area contributed by atoms with Crippen LogP contribution in [0.3, 0.4) is 0 Å². The number of aromatic amines is 1. The smallest absolute Gasteiger partial charge is 0.251 e. The van der Waals surface area contributed by atoms with Crippen molar-refractivity contribution in [3.8, 4) is 0 Å². The predicted octanol–water partition coefficient (Wildman–Crippen LogP) is 4.73. The standard InChI is InChI=1S/C22H19Cl2N3O2/c1-12-21-14(15-10-13(23)6-7-17(15)25-21)8-9-26(12)19-11-20(28)27(22(19)29)18-5-3-2-4-16(18)24/h2-7,10,12,19,25H,8-9,11H2,1H3. The summed E-state index contributed by atoms with van der Waals surface area (Å²) in [6.45, 7) is 2.78. The number of H-pyrrole nitrogens is 1. The first-order valence-electron chi connectivity index (χ1n) is 9.63. The Bertz CT molecular complexity index is 1160. The first-order valence-corrected chi connectivity index (χ1v) is 10.4. The summed E-state index contributed by atoms with van der Waals surface area (Å²) in [6.07, 6.45) is 0.958. The van der Waals surface area contributed by atoms with Gasteiger partial charge in [0.2, 0.25) is 5.91 Å². The maximum absolute atomic E-state index is 13.2. The normalized spacial score (nSPS) is 22.5. The van der Waals surface area contributed by atoms with Gasteiger partial charge in [0.1, 0.15) is 0 Å². The molecule has 5 nitrogen and oxygen atoms in total. The van der Waals surface area contributed by atoms with E-state index < -0.39 is 6.04 Å². The fourth-order valence-corrected chi connectivity index (χ4v) is 5.05. The second-order valence-corrected chi connectivity index (χ2v) is 8.45. The van der Waals surface area contributed by atoms with Crippen LogP contribution in [0.5, 0.6) is 0 Å². The third-order valence-corrected chi connectivity index (χ3v) is 6.61. The minimum absolute atomic E-state index is 0.0159. The number of benzene rings is 2. The Kier molecular flexibility index (Phi) is 4.42. The lowest BCUT2D eigenvalue weighted by atomic mass is 9.96. The van der Waals surface area contributed by atoms with Crippen molar-refractivity contribution < 1.29 is 9.59 Å². The van der Waals surface area contributed by atoms with Gasteiger partial charge in [-0.3, -0.25) is 14.5 Å². The summed E-state index contributed by atoms with van der Waals surface area (Å²) >= 11 is 12.4. The van der Waals surface area contributed by atoms with Gasteiger partial charge >= 0.3 is 0 Å². The Balaban J connectivity index is 1.48. The average Bonchev–Trinajstić information content (AvgIpc) is 3.20. The van der Waals surface area contributed by atoms with Gasteiger partial charge in [0, 0.05) is 34.2 Å². The van der Waals surface area contributed by atoms with Crippen LogP contribution in [-0.4, -0.2) is 34.3 Å². The van der Waals surface area contributed by atoms with Crippen molar-refractivity contribution in [2.75, 3.05) is 11.4 Å². The molecule has 2 aromatic carbocycles. The lowest BCUT2D eigenvalue weighted by Gasteiger charge is -2.36. The fourth-order valence-electron chi connectivity index (χ4n) is 4.65. The summed E-state index contributed by atoms with van der Waals surface area (Å²) in [6, 6.07) is 12.3. The molecule has 29 heavy (non-hydrogen) atoms. The first kappa shape index (κ1) is 18.7. The summed E-state index contributed by atoms with van der Waals surface area (Å²) in [4.78, 5) is 32.8. The average molecular weight is 428 g/mol. The van der Waals surface area contributed by atoms with E-state index in [1.165, 1.54) is 10.5 Å². The largest absolute Gasteiger partial charge is 0.357 e. The van der Waals surface area contributed by atoms with Crippen molar-refractivity contribution >= 4 is 51.6 Å². The van der Waals surface area contributed by atoms with Gasteiger partial charge in [-0.15, -0.1) is 0 Å². The number of fused-ring (bicyclic) bond motifs is 3. The van der Waals surface area contributed by atoms with Gasteiger partial charge in [0.05, 0.1) is 23.2 Å². The van der Waals surface area contributed by atoms with Gasteiger partial charge in [-0.1, -0.05) is 35.3 Å². The van der Waals surface area contributed by atoms with Crippen LogP contribution in [0.25, 0.3) is 10.9 Å². The maximum atomic E-state index is 13.2. The molecule has 2 unspecified atom stereocenters. The molecule has 0 spiro atoms. The molecule has 148 valence electrons. The van der Waals surface area contributed by atoms with Crippen LogP contribution >= 0.6 is 23.2 Å². The van der Waals surface area contributed by atoms with E-state index in [2.05, 4.69) is 16.8 Å². The van der Waals surface area contributed by atoms with Crippen LogP contribution in [0.15, 0.2) is 42.5 Å². The lowest BCUT2D eigenvalue weighted by Crippen LogP contribution is -2.46. The number of halogens is 2. The fraction of sp³-hybridized carbons (Fsp3) is 0.273. The zero-order valence-corrected chi connectivity index (χ0v) is 17.3. The molecule has 2 aliphatic rings. The Labute approximate surface area is 178 Å². The van der Waals surface area contributed by atoms with E-state index in [0.29, 0.717) is 22.3 Å². The molecule has 0 aliphatic carbocycles. The molecule has 3 heterocycles. The highest BCUT2D eigenvalue weighted by Crippen LogP contribution is 2.39. The van der Waals surface area contributed by atoms with Crippen molar-refractivity contribution in [1.29, 1.82) is 0 Å². The van der Waals surface area contributed by atoms with Gasteiger partial charge < -0.3 is 4.98 Å². The number of aromatic nitrogens is 1. The predicted molar refractivity (Wildman–Crippen MR) is 114 cm³/mol. The summed E-state index contributed by atoms with van der Waals surface area (Å²) in [5.74, 6) is -0.424. The van der Waals surface area contributed by atoms with Crippen LogP contribution < -0.4 is 4.90 Å². The molecule has 2 amide bonds. The van der Waals surface area contributed by atoms with Crippen molar-refractivity contribution in [1.82, 2.24) is 9.88 Å².